The summed E-state index contributed by atoms with van der Waals surface area (Å²) < 4.78 is 32.7. The van der Waals surface area contributed by atoms with Gasteiger partial charge in [0.25, 0.3) is 0 Å². The van der Waals surface area contributed by atoms with Crippen LogP contribution in [0.5, 0.6) is 0 Å². The monoisotopic (exact) mass is 836 g/mol. The van der Waals surface area contributed by atoms with Gasteiger partial charge in [-0.15, -0.1) is 0 Å². The minimum absolute atomic E-state index is 0.0340. The lowest BCUT2D eigenvalue weighted by Crippen LogP contribution is -2.53. The maximum Gasteiger partial charge on any atom is 0.407 e. The first-order chi connectivity index (χ1) is 27.0. The lowest BCUT2D eigenvalue weighted by atomic mass is 10.1. The Morgan fingerprint density at radius 1 is 0.414 bits per heavy atom. The largest absolute Gasteiger partial charge is 0.444 e. The van der Waals surface area contributed by atoms with Crippen LogP contribution in [0, 0.1) is 0 Å². The fraction of sp³-hybridized carbons (Fsp3) is 0.846. The van der Waals surface area contributed by atoms with Gasteiger partial charge in [0.2, 0.25) is 17.7 Å². The van der Waals surface area contributed by atoms with Gasteiger partial charge in [-0.1, -0.05) is 13.8 Å². The summed E-state index contributed by atoms with van der Waals surface area (Å²) in [7, 11) is 0. The Kier molecular flexibility index (Phi) is 30.1. The second-order valence-electron chi connectivity index (χ2n) is 16.2. The molecule has 0 saturated carbocycles. The standard InChI is InChI=1S/C37H71N7O12.C2H6/c1-34(2,3)54-31(48)42-19-10-16-39-28(45)13-22-51-25-37(38,26-52-23-14-29(46)40-17-11-20-43-32(49)55-35(4,5)6)27-53-24-15-30(47)41-18-12-21-44-33(50)56-36(7,8)9;1-2/h10-27,38H2,1-9H3,(H,39,45)(H,40,46)(H,41,47)(H,42,48)(H,43,49)(H,44,50);1-2H3. The predicted octanol–water partition coefficient (Wildman–Crippen LogP) is 3.02. The number of carbonyl (C=O) groups is 6. The smallest absolute Gasteiger partial charge is 0.407 e. The highest BCUT2D eigenvalue weighted by atomic mass is 16.6. The summed E-state index contributed by atoms with van der Waals surface area (Å²) >= 11 is 0. The van der Waals surface area contributed by atoms with Gasteiger partial charge in [-0.2, -0.15) is 0 Å². The molecule has 0 radical (unpaired) electrons. The van der Waals surface area contributed by atoms with E-state index in [1.807, 2.05) is 13.8 Å². The van der Waals surface area contributed by atoms with E-state index in [2.05, 4.69) is 31.9 Å². The molecule has 19 nitrogen and oxygen atoms in total. The molecule has 0 aliphatic rings. The number of alkyl carbamates (subject to hydrolysis) is 3. The van der Waals surface area contributed by atoms with Gasteiger partial charge in [-0.3, -0.25) is 14.4 Å². The molecule has 0 heterocycles. The van der Waals surface area contributed by atoms with Gasteiger partial charge in [0.15, 0.2) is 0 Å². The molecule has 6 amide bonds. The van der Waals surface area contributed by atoms with Gasteiger partial charge in [-0.05, 0) is 81.6 Å². The molecule has 0 aromatic rings. The highest BCUT2D eigenvalue weighted by Gasteiger charge is 2.27. The number of carbonyl (C=O) groups excluding carboxylic acids is 6. The molecule has 0 saturated heterocycles. The third-order valence-corrected chi connectivity index (χ3v) is 6.62. The van der Waals surface area contributed by atoms with Crippen LogP contribution in [0.25, 0.3) is 0 Å². The minimum atomic E-state index is -1.16. The summed E-state index contributed by atoms with van der Waals surface area (Å²) in [5.74, 6) is -0.720. The average Bonchev–Trinajstić information content (AvgIpc) is 3.09. The van der Waals surface area contributed by atoms with E-state index in [1.165, 1.54) is 0 Å². The molecule has 0 aromatic heterocycles. The third kappa shape index (κ3) is 38.9. The van der Waals surface area contributed by atoms with Crippen molar-refractivity contribution in [2.75, 3.05) is 78.9 Å². The Balaban J connectivity index is 0. The van der Waals surface area contributed by atoms with E-state index in [4.69, 9.17) is 34.2 Å². The molecule has 19 heteroatoms. The molecule has 0 rings (SSSR count). The molecule has 0 fully saturated rings. The number of hydrogen-bond donors (Lipinski definition) is 7. The SMILES string of the molecule is CC.CC(C)(C)OC(=O)NCCCNC(=O)CCOCC(N)(COCCC(=O)NCCCNC(=O)OC(C)(C)C)COCCC(=O)NCCCNC(=O)OC(C)(C)C. The fourth-order valence-electron chi connectivity index (χ4n) is 4.17. The topological polar surface area (TPSA) is 256 Å². The van der Waals surface area contributed by atoms with E-state index in [9.17, 15) is 28.8 Å². The molecule has 0 aliphatic carbocycles. The Morgan fingerprint density at radius 3 is 0.862 bits per heavy atom. The lowest BCUT2D eigenvalue weighted by molar-refractivity contribution is -0.122. The Labute approximate surface area is 346 Å². The van der Waals surface area contributed by atoms with Crippen LogP contribution in [0.15, 0.2) is 0 Å². The van der Waals surface area contributed by atoms with E-state index in [0.29, 0.717) is 58.5 Å². The second-order valence-corrected chi connectivity index (χ2v) is 16.2. The van der Waals surface area contributed by atoms with Crippen LogP contribution in [0.1, 0.15) is 115 Å². The molecule has 0 unspecified atom stereocenters. The maximum atomic E-state index is 12.3. The zero-order valence-electron chi connectivity index (χ0n) is 37.2. The summed E-state index contributed by atoms with van der Waals surface area (Å²) in [5.41, 5.74) is 3.62. The molecule has 8 N–H and O–H groups in total. The molecule has 0 aliphatic heterocycles. The van der Waals surface area contributed by atoms with Gasteiger partial charge in [0.05, 0.1) is 45.2 Å². The lowest BCUT2D eigenvalue weighted by Gasteiger charge is -2.29. The van der Waals surface area contributed by atoms with Crippen LogP contribution in [0.3, 0.4) is 0 Å². The van der Waals surface area contributed by atoms with Crippen molar-refractivity contribution < 1.29 is 57.2 Å². The van der Waals surface area contributed by atoms with E-state index < -0.39 is 40.6 Å². The minimum Gasteiger partial charge on any atom is -0.444 e. The van der Waals surface area contributed by atoms with Crippen LogP contribution in [-0.4, -0.2) is 137 Å². The van der Waals surface area contributed by atoms with E-state index in [-0.39, 0.29) is 76.6 Å². The van der Waals surface area contributed by atoms with Gasteiger partial charge < -0.3 is 66.1 Å². The van der Waals surface area contributed by atoms with Gasteiger partial charge >= 0.3 is 18.3 Å². The Morgan fingerprint density at radius 2 is 0.638 bits per heavy atom. The number of nitrogens with two attached hydrogens (primary N) is 1. The van der Waals surface area contributed by atoms with Crippen molar-refractivity contribution in [1.29, 1.82) is 0 Å². The first kappa shape index (κ1) is 56.2. The van der Waals surface area contributed by atoms with Crippen molar-refractivity contribution in [3.05, 3.63) is 0 Å². The summed E-state index contributed by atoms with van der Waals surface area (Å²) in [6.45, 7) is 22.1. The number of nitrogens with one attached hydrogen (secondary N) is 6. The number of hydrogen-bond acceptors (Lipinski definition) is 13. The molecule has 58 heavy (non-hydrogen) atoms. The zero-order chi connectivity index (χ0) is 44.7. The van der Waals surface area contributed by atoms with E-state index in [1.54, 1.807) is 62.3 Å². The normalized spacial score (nSPS) is 11.6. The molecule has 340 valence electrons. The molecular formula is C39H77N7O12. The van der Waals surface area contributed by atoms with Gasteiger partial charge in [-0.25, -0.2) is 14.4 Å². The van der Waals surface area contributed by atoms with E-state index >= 15 is 0 Å². The first-order valence-electron chi connectivity index (χ1n) is 20.2. The average molecular weight is 836 g/mol. The molecule has 0 bridgehead atoms. The van der Waals surface area contributed by atoms with Gasteiger partial charge in [0.1, 0.15) is 16.8 Å². The highest BCUT2D eigenvalue weighted by molar-refractivity contribution is 5.76. The number of rotatable bonds is 27. The summed E-state index contributed by atoms with van der Waals surface area (Å²) in [6, 6.07) is 0. The number of ether oxygens (including phenoxy) is 6. The highest BCUT2D eigenvalue weighted by Crippen LogP contribution is 2.09. The molecule has 0 spiro atoms. The third-order valence-electron chi connectivity index (χ3n) is 6.62. The number of amides is 6. The van der Waals surface area contributed by atoms with Crippen LogP contribution < -0.4 is 37.6 Å². The van der Waals surface area contributed by atoms with Crippen molar-refractivity contribution in [1.82, 2.24) is 31.9 Å². The Hall–Kier alpha value is -3.94. The molecule has 0 atom stereocenters. The van der Waals surface area contributed by atoms with Crippen molar-refractivity contribution in [2.24, 2.45) is 5.73 Å². The summed E-state index contributed by atoms with van der Waals surface area (Å²) in [4.78, 5) is 72.0. The van der Waals surface area contributed by atoms with Crippen molar-refractivity contribution in [2.45, 2.75) is 137 Å². The molecule has 0 aromatic carbocycles. The summed E-state index contributed by atoms with van der Waals surface area (Å²) in [5, 5.41) is 16.2. The van der Waals surface area contributed by atoms with Crippen LogP contribution in [0.2, 0.25) is 0 Å². The second kappa shape index (κ2) is 31.0. The quantitative estimate of drug-likeness (QED) is 0.0465. The van der Waals surface area contributed by atoms with Crippen LogP contribution in [0.4, 0.5) is 14.4 Å². The zero-order valence-corrected chi connectivity index (χ0v) is 37.2. The predicted molar refractivity (Wildman–Crippen MR) is 220 cm³/mol. The molecular weight excluding hydrogens is 758 g/mol. The first-order valence-corrected chi connectivity index (χ1v) is 20.2. The van der Waals surface area contributed by atoms with Crippen molar-refractivity contribution in [3.63, 3.8) is 0 Å². The summed E-state index contributed by atoms with van der Waals surface area (Å²) in [6.07, 6.45) is 0.173. The maximum absolute atomic E-state index is 12.3. The van der Waals surface area contributed by atoms with Crippen molar-refractivity contribution >= 4 is 36.0 Å². The van der Waals surface area contributed by atoms with Crippen LogP contribution in [-0.2, 0) is 42.8 Å². The van der Waals surface area contributed by atoms with Gasteiger partial charge in [0, 0.05) is 58.5 Å². The fourth-order valence-corrected chi connectivity index (χ4v) is 4.17. The Bertz CT molecular complexity index is 1040. The van der Waals surface area contributed by atoms with Crippen molar-refractivity contribution in [3.8, 4) is 0 Å². The van der Waals surface area contributed by atoms with Crippen LogP contribution >= 0.6 is 0 Å². The van der Waals surface area contributed by atoms with E-state index in [0.717, 1.165) is 0 Å².